The molecule has 0 bridgehead atoms. The number of phenols is 1. The quantitative estimate of drug-likeness (QED) is 0.766. The van der Waals surface area contributed by atoms with Crippen LogP contribution >= 0.6 is 0 Å². The Morgan fingerprint density at radius 3 is 2.29 bits per heavy atom. The first kappa shape index (κ1) is 14.7. The third-order valence-corrected chi connectivity index (χ3v) is 4.71. The van der Waals surface area contributed by atoms with Gasteiger partial charge in [0.2, 0.25) is 0 Å². The van der Waals surface area contributed by atoms with E-state index in [9.17, 15) is 5.11 Å². The highest BCUT2D eigenvalue weighted by Crippen LogP contribution is 2.37. The van der Waals surface area contributed by atoms with Crippen molar-refractivity contribution in [2.24, 2.45) is 11.8 Å². The number of hydrogen-bond acceptors (Lipinski definition) is 3. The highest BCUT2D eigenvalue weighted by molar-refractivity contribution is 5.54. The summed E-state index contributed by atoms with van der Waals surface area (Å²) in [5.74, 6) is 2.19. The number of hydrogen-bond donors (Lipinski definition) is 2. The second-order valence-corrected chi connectivity index (χ2v) is 6.81. The summed E-state index contributed by atoms with van der Waals surface area (Å²) in [5, 5.41) is 13.7. The molecule has 1 atom stereocenters. The van der Waals surface area contributed by atoms with Crippen LogP contribution < -0.4 is 10.2 Å². The fraction of sp³-hybridized carbons (Fsp3) is 0.667. The van der Waals surface area contributed by atoms with E-state index < -0.39 is 0 Å². The molecular weight excluding hydrogens is 260 g/mol. The van der Waals surface area contributed by atoms with Gasteiger partial charge in [-0.15, -0.1) is 0 Å². The summed E-state index contributed by atoms with van der Waals surface area (Å²) in [4.78, 5) is 2.50. The number of anilines is 1. The number of rotatable bonds is 8. The van der Waals surface area contributed by atoms with Crippen LogP contribution in [0.25, 0.3) is 0 Å². The molecule has 2 aliphatic carbocycles. The first-order chi connectivity index (χ1) is 10.2. The molecule has 0 aliphatic heterocycles. The van der Waals surface area contributed by atoms with Crippen LogP contribution in [0, 0.1) is 11.8 Å². The van der Waals surface area contributed by atoms with Crippen molar-refractivity contribution in [2.75, 3.05) is 24.5 Å². The van der Waals surface area contributed by atoms with E-state index in [0.29, 0.717) is 5.75 Å². The molecule has 2 fully saturated rings. The van der Waals surface area contributed by atoms with Gasteiger partial charge in [-0.3, -0.25) is 0 Å². The maximum Gasteiger partial charge on any atom is 0.122 e. The molecule has 2 N–H and O–H groups in total. The first-order valence-electron chi connectivity index (χ1n) is 8.48. The molecule has 2 aliphatic rings. The second kappa shape index (κ2) is 6.27. The minimum absolute atomic E-state index is 0.198. The number of benzene rings is 1. The fourth-order valence-electron chi connectivity index (χ4n) is 3.02. The van der Waals surface area contributed by atoms with E-state index in [-0.39, 0.29) is 6.04 Å². The van der Waals surface area contributed by atoms with Crippen LogP contribution in [-0.4, -0.2) is 24.7 Å². The SMILES string of the molecule is CCNC(C)c1ccc(N(CC2CC2)CC2CC2)cc1O. The molecule has 0 spiro atoms. The Kier molecular flexibility index (Phi) is 4.39. The molecule has 3 nitrogen and oxygen atoms in total. The molecule has 1 aromatic rings. The number of aromatic hydroxyl groups is 1. The van der Waals surface area contributed by atoms with E-state index in [1.54, 1.807) is 0 Å². The van der Waals surface area contributed by atoms with Crippen molar-refractivity contribution in [3.63, 3.8) is 0 Å². The van der Waals surface area contributed by atoms with Gasteiger partial charge in [0, 0.05) is 36.4 Å². The average Bonchev–Trinajstić information content (AvgIpc) is 3.33. The van der Waals surface area contributed by atoms with E-state index in [0.717, 1.165) is 37.0 Å². The summed E-state index contributed by atoms with van der Waals surface area (Å²) in [7, 11) is 0. The van der Waals surface area contributed by atoms with Gasteiger partial charge in [-0.25, -0.2) is 0 Å². The van der Waals surface area contributed by atoms with Crippen molar-refractivity contribution in [3.05, 3.63) is 23.8 Å². The van der Waals surface area contributed by atoms with Crippen LogP contribution in [0.3, 0.4) is 0 Å². The van der Waals surface area contributed by atoms with Crippen LogP contribution in [0.2, 0.25) is 0 Å². The lowest BCUT2D eigenvalue weighted by Crippen LogP contribution is -2.28. The minimum Gasteiger partial charge on any atom is -0.508 e. The lowest BCUT2D eigenvalue weighted by atomic mass is 10.1. The predicted octanol–water partition coefficient (Wildman–Crippen LogP) is 3.69. The maximum atomic E-state index is 10.4. The molecule has 0 amide bonds. The van der Waals surface area contributed by atoms with Crippen molar-refractivity contribution >= 4 is 5.69 Å². The molecule has 0 heterocycles. The zero-order valence-corrected chi connectivity index (χ0v) is 13.3. The summed E-state index contributed by atoms with van der Waals surface area (Å²) < 4.78 is 0. The maximum absolute atomic E-state index is 10.4. The zero-order valence-electron chi connectivity index (χ0n) is 13.3. The van der Waals surface area contributed by atoms with Gasteiger partial charge in [-0.05, 0) is 57.1 Å². The molecule has 3 heteroatoms. The number of nitrogens with zero attached hydrogens (tertiary/aromatic N) is 1. The van der Waals surface area contributed by atoms with Crippen molar-refractivity contribution in [1.29, 1.82) is 0 Å². The molecule has 1 unspecified atom stereocenters. The monoisotopic (exact) mass is 288 g/mol. The summed E-state index contributed by atoms with van der Waals surface area (Å²) in [6.45, 7) is 7.44. The number of nitrogens with one attached hydrogen (secondary N) is 1. The lowest BCUT2D eigenvalue weighted by molar-refractivity contribution is 0.454. The van der Waals surface area contributed by atoms with Crippen molar-refractivity contribution < 1.29 is 5.11 Å². The smallest absolute Gasteiger partial charge is 0.122 e. The Morgan fingerprint density at radius 1 is 1.19 bits per heavy atom. The molecule has 0 aromatic heterocycles. The summed E-state index contributed by atoms with van der Waals surface area (Å²) in [5.41, 5.74) is 2.19. The molecule has 116 valence electrons. The van der Waals surface area contributed by atoms with Crippen molar-refractivity contribution in [2.45, 2.75) is 45.6 Å². The summed E-state index contributed by atoms with van der Waals surface area (Å²) in [6.07, 6.45) is 5.51. The van der Waals surface area contributed by atoms with E-state index in [4.69, 9.17) is 0 Å². The molecule has 2 saturated carbocycles. The van der Waals surface area contributed by atoms with Crippen molar-refractivity contribution in [1.82, 2.24) is 5.32 Å². The van der Waals surface area contributed by atoms with Gasteiger partial charge < -0.3 is 15.3 Å². The van der Waals surface area contributed by atoms with E-state index in [1.165, 1.54) is 31.4 Å². The average molecular weight is 288 g/mol. The largest absolute Gasteiger partial charge is 0.508 e. The van der Waals surface area contributed by atoms with E-state index >= 15 is 0 Å². The highest BCUT2D eigenvalue weighted by Gasteiger charge is 2.29. The zero-order chi connectivity index (χ0) is 14.8. The van der Waals surface area contributed by atoms with Crippen LogP contribution in [0.5, 0.6) is 5.75 Å². The molecule has 0 radical (unpaired) electrons. The Bertz CT molecular complexity index is 466. The van der Waals surface area contributed by atoms with Gasteiger partial charge in [-0.2, -0.15) is 0 Å². The Labute approximate surface area is 128 Å². The van der Waals surface area contributed by atoms with Gasteiger partial charge in [-0.1, -0.05) is 13.0 Å². The van der Waals surface area contributed by atoms with Gasteiger partial charge in [0.15, 0.2) is 0 Å². The standard InChI is InChI=1S/C18H28N2O/c1-3-19-13(2)17-9-8-16(10-18(17)21)20(11-14-4-5-14)12-15-6-7-15/h8-10,13-15,19,21H,3-7,11-12H2,1-2H3. The van der Waals surface area contributed by atoms with Gasteiger partial charge in [0.05, 0.1) is 0 Å². The second-order valence-electron chi connectivity index (χ2n) is 6.81. The normalized spacial score (nSPS) is 19.5. The fourth-order valence-corrected chi connectivity index (χ4v) is 3.02. The first-order valence-corrected chi connectivity index (χ1v) is 8.48. The van der Waals surface area contributed by atoms with Gasteiger partial charge in [0.1, 0.15) is 5.75 Å². The third kappa shape index (κ3) is 3.91. The number of phenolic OH excluding ortho intramolecular Hbond substituents is 1. The van der Waals surface area contributed by atoms with E-state index in [1.807, 2.05) is 6.07 Å². The van der Waals surface area contributed by atoms with Crippen molar-refractivity contribution in [3.8, 4) is 5.75 Å². The topological polar surface area (TPSA) is 35.5 Å². The molecule has 0 saturated heterocycles. The Hall–Kier alpha value is -1.22. The predicted molar refractivity (Wildman–Crippen MR) is 87.9 cm³/mol. The summed E-state index contributed by atoms with van der Waals surface area (Å²) >= 11 is 0. The minimum atomic E-state index is 0.198. The third-order valence-electron chi connectivity index (χ3n) is 4.71. The molecule has 3 rings (SSSR count). The van der Waals surface area contributed by atoms with Gasteiger partial charge in [0.25, 0.3) is 0 Å². The van der Waals surface area contributed by atoms with Crippen LogP contribution in [0.15, 0.2) is 18.2 Å². The van der Waals surface area contributed by atoms with E-state index in [2.05, 4.69) is 36.2 Å². The van der Waals surface area contributed by atoms with Crippen LogP contribution in [0.4, 0.5) is 5.69 Å². The van der Waals surface area contributed by atoms with Crippen LogP contribution in [-0.2, 0) is 0 Å². The summed E-state index contributed by atoms with van der Waals surface area (Å²) in [6, 6.07) is 6.44. The Balaban J connectivity index is 1.73. The van der Waals surface area contributed by atoms with Crippen LogP contribution in [0.1, 0.15) is 51.1 Å². The molecule has 21 heavy (non-hydrogen) atoms. The lowest BCUT2D eigenvalue weighted by Gasteiger charge is -2.26. The van der Waals surface area contributed by atoms with Gasteiger partial charge >= 0.3 is 0 Å². The molecule has 1 aromatic carbocycles. The highest BCUT2D eigenvalue weighted by atomic mass is 16.3. The Morgan fingerprint density at radius 2 is 1.81 bits per heavy atom. The molecular formula is C18H28N2O.